The number of hydrogen-bond acceptors (Lipinski definition) is 3. The molecule has 0 atom stereocenters. The Morgan fingerprint density at radius 3 is 1.24 bits per heavy atom. The van der Waals surface area contributed by atoms with Gasteiger partial charge in [0.2, 0.25) is 0 Å². The van der Waals surface area contributed by atoms with Crippen LogP contribution >= 0.6 is 0 Å². The molecule has 0 bridgehead atoms. The summed E-state index contributed by atoms with van der Waals surface area (Å²) < 4.78 is 14.3. The van der Waals surface area contributed by atoms with Crippen LogP contribution in [0.1, 0.15) is 52.7 Å². The van der Waals surface area contributed by atoms with Crippen LogP contribution < -0.4 is 30.8 Å². The van der Waals surface area contributed by atoms with Crippen molar-refractivity contribution >= 4 is 61.7 Å². The lowest BCUT2D eigenvalue weighted by atomic mass is 9.34. The molecule has 0 saturated heterocycles. The van der Waals surface area contributed by atoms with Gasteiger partial charge in [-0.1, -0.05) is 175 Å². The Bertz CT molecular complexity index is 2990. The van der Waals surface area contributed by atoms with Crippen LogP contribution in [0.25, 0.3) is 43.8 Å². The fraction of sp³-hybridized carbons (Fsp3) is 0.138. The smallest absolute Gasteiger partial charge is 0.260 e. The number of nitrogens with zero attached hydrogens (tertiary/aromatic N) is 1. The molecule has 62 heavy (non-hydrogen) atoms. The third-order valence-electron chi connectivity index (χ3n) is 12.9. The van der Waals surface area contributed by atoms with Gasteiger partial charge >= 0.3 is 0 Å². The molecule has 0 amide bonds. The van der Waals surface area contributed by atoms with Crippen molar-refractivity contribution in [1.29, 1.82) is 0 Å². The van der Waals surface area contributed by atoms with E-state index in [1.54, 1.807) is 0 Å². The predicted octanol–water partition coefficient (Wildman–Crippen LogP) is 14.1. The van der Waals surface area contributed by atoms with Crippen molar-refractivity contribution in [2.75, 3.05) is 4.90 Å². The quantitative estimate of drug-likeness (QED) is 0.162. The van der Waals surface area contributed by atoms with Gasteiger partial charge in [0.05, 0.1) is 5.69 Å². The van der Waals surface area contributed by atoms with E-state index in [9.17, 15) is 0 Å². The summed E-state index contributed by atoms with van der Waals surface area (Å²) in [5.74, 6) is 3.32. The summed E-state index contributed by atoms with van der Waals surface area (Å²) in [5, 5.41) is 4.88. The number of anilines is 3. The average molecular weight is 802 g/mol. The molecule has 9 aromatic rings. The van der Waals surface area contributed by atoms with Crippen molar-refractivity contribution in [2.45, 2.75) is 52.4 Å². The second kappa shape index (κ2) is 14.3. The maximum Gasteiger partial charge on any atom is 0.260 e. The Kier molecular flexibility index (Phi) is 8.74. The molecule has 9 aromatic carbocycles. The van der Waals surface area contributed by atoms with Crippen molar-refractivity contribution in [1.82, 2.24) is 0 Å². The Labute approximate surface area is 365 Å². The number of hydrogen-bond donors (Lipinski definition) is 0. The van der Waals surface area contributed by atoms with Gasteiger partial charge in [-0.2, -0.15) is 0 Å². The van der Waals surface area contributed by atoms with E-state index < -0.39 is 0 Å². The number of rotatable bonds is 5. The molecule has 0 aromatic heterocycles. The van der Waals surface area contributed by atoms with E-state index >= 15 is 0 Å². The maximum atomic E-state index is 7.14. The third kappa shape index (κ3) is 6.45. The van der Waals surface area contributed by atoms with Gasteiger partial charge in [-0.05, 0) is 113 Å². The van der Waals surface area contributed by atoms with E-state index in [-0.39, 0.29) is 17.5 Å². The lowest BCUT2D eigenvalue weighted by Gasteiger charge is -2.35. The van der Waals surface area contributed by atoms with E-state index in [1.807, 2.05) is 0 Å². The SMILES string of the molecule is CC(C)(C)c1ccc(N(c2ccc(C(C)(C)C)cc2)c2cc3c4c(c2)Oc2cc(-c5cccc6ccccc56)ccc2B4c2ccc(-c4cccc5ccccc45)cc2O3)cc1. The molecule has 0 fully saturated rings. The standard InChI is InChI=1S/C58H48BNO2/c1-57(2,3)41-23-27-43(28-24-41)60(44-29-25-42(26-30-44)58(4,5)6)45-35-54-56-55(36-45)62-53-34-40(49-20-12-16-38-14-8-10-18-47(38)49)22-32-51(53)59(56)50-31-21-39(33-52(50)61-54)48-19-11-15-37-13-7-9-17-46(37)48/h7-36H,1-6H3. The molecule has 0 spiro atoms. The van der Waals surface area contributed by atoms with Gasteiger partial charge < -0.3 is 14.4 Å². The monoisotopic (exact) mass is 801 g/mol. The summed E-state index contributed by atoms with van der Waals surface area (Å²) in [7, 11) is 0. The van der Waals surface area contributed by atoms with Gasteiger partial charge in [-0.15, -0.1) is 0 Å². The topological polar surface area (TPSA) is 21.7 Å². The van der Waals surface area contributed by atoms with Crippen LogP contribution in [0.4, 0.5) is 17.1 Å². The zero-order valence-electron chi connectivity index (χ0n) is 36.2. The van der Waals surface area contributed by atoms with Gasteiger partial charge in [-0.25, -0.2) is 0 Å². The zero-order chi connectivity index (χ0) is 42.3. The fourth-order valence-electron chi connectivity index (χ4n) is 9.57. The van der Waals surface area contributed by atoms with Crippen LogP contribution in [-0.4, -0.2) is 6.71 Å². The van der Waals surface area contributed by atoms with Crippen LogP contribution in [0.15, 0.2) is 182 Å². The molecule has 0 aliphatic carbocycles. The summed E-state index contributed by atoms with van der Waals surface area (Å²) in [6.45, 7) is 13.5. The second-order valence-corrected chi connectivity index (χ2v) is 19.0. The Morgan fingerprint density at radius 1 is 0.387 bits per heavy atom. The first-order valence-corrected chi connectivity index (χ1v) is 21.8. The van der Waals surface area contributed by atoms with Crippen molar-refractivity contribution in [2.24, 2.45) is 0 Å². The molecule has 0 radical (unpaired) electrons. The predicted molar refractivity (Wildman–Crippen MR) is 262 cm³/mol. The van der Waals surface area contributed by atoms with E-state index in [4.69, 9.17) is 9.47 Å². The van der Waals surface area contributed by atoms with Crippen LogP contribution in [-0.2, 0) is 10.8 Å². The van der Waals surface area contributed by atoms with Crippen LogP contribution in [0.5, 0.6) is 23.0 Å². The first kappa shape index (κ1) is 37.9. The van der Waals surface area contributed by atoms with Crippen LogP contribution in [0.3, 0.4) is 0 Å². The highest BCUT2D eigenvalue weighted by Crippen LogP contribution is 2.45. The highest BCUT2D eigenvalue weighted by Gasteiger charge is 2.41. The molecule has 4 heteroatoms. The molecule has 2 heterocycles. The van der Waals surface area contributed by atoms with E-state index in [0.717, 1.165) is 67.6 Å². The van der Waals surface area contributed by atoms with Crippen LogP contribution in [0, 0.1) is 0 Å². The minimum Gasteiger partial charge on any atom is -0.458 e. The first-order valence-electron chi connectivity index (χ1n) is 21.8. The Hall–Kier alpha value is -7.04. The lowest BCUT2D eigenvalue weighted by molar-refractivity contribution is 0.465. The molecular formula is C58H48BNO2. The summed E-state index contributed by atoms with van der Waals surface area (Å²) in [5.41, 5.74) is 13.7. The van der Waals surface area contributed by atoms with Gasteiger partial charge in [0, 0.05) is 29.0 Å². The second-order valence-electron chi connectivity index (χ2n) is 19.0. The van der Waals surface area contributed by atoms with Gasteiger partial charge in [-0.3, -0.25) is 0 Å². The largest absolute Gasteiger partial charge is 0.458 e. The minimum absolute atomic E-state index is 0.0287. The minimum atomic E-state index is -0.0877. The lowest BCUT2D eigenvalue weighted by Crippen LogP contribution is -2.57. The fourth-order valence-corrected chi connectivity index (χ4v) is 9.57. The molecule has 0 unspecified atom stereocenters. The van der Waals surface area contributed by atoms with E-state index in [2.05, 4.69) is 228 Å². The molecule has 3 nitrogen and oxygen atoms in total. The maximum absolute atomic E-state index is 7.14. The van der Waals surface area contributed by atoms with Crippen molar-refractivity contribution in [3.05, 3.63) is 193 Å². The first-order chi connectivity index (χ1) is 30.0. The summed E-state index contributed by atoms with van der Waals surface area (Å²) in [6.07, 6.45) is 0. The molecule has 2 aliphatic heterocycles. The Morgan fingerprint density at radius 2 is 0.806 bits per heavy atom. The van der Waals surface area contributed by atoms with Gasteiger partial charge in [0.25, 0.3) is 6.71 Å². The number of fused-ring (bicyclic) bond motifs is 6. The van der Waals surface area contributed by atoms with Crippen molar-refractivity contribution in [3.8, 4) is 45.3 Å². The summed E-state index contributed by atoms with van der Waals surface area (Å²) >= 11 is 0. The molecule has 0 N–H and O–H groups in total. The average Bonchev–Trinajstić information content (AvgIpc) is 3.28. The number of ether oxygens (including phenoxy) is 2. The van der Waals surface area contributed by atoms with E-state index in [1.165, 1.54) is 43.8 Å². The van der Waals surface area contributed by atoms with Crippen molar-refractivity contribution < 1.29 is 9.47 Å². The molecule has 11 rings (SSSR count). The highest BCUT2D eigenvalue weighted by atomic mass is 16.5. The molecule has 2 aliphatic rings. The van der Waals surface area contributed by atoms with Crippen molar-refractivity contribution in [3.63, 3.8) is 0 Å². The molecule has 0 saturated carbocycles. The zero-order valence-corrected chi connectivity index (χ0v) is 36.2. The summed E-state index contributed by atoms with van der Waals surface area (Å²) in [4.78, 5) is 2.33. The normalized spacial score (nSPS) is 12.9. The van der Waals surface area contributed by atoms with Gasteiger partial charge in [0.1, 0.15) is 23.0 Å². The Balaban J connectivity index is 1.11. The summed E-state index contributed by atoms with van der Waals surface area (Å²) in [6, 6.07) is 66.2. The van der Waals surface area contributed by atoms with Crippen LogP contribution in [0.2, 0.25) is 0 Å². The highest BCUT2D eigenvalue weighted by molar-refractivity contribution is 6.98. The van der Waals surface area contributed by atoms with Gasteiger partial charge in [0.15, 0.2) is 0 Å². The molecule has 300 valence electrons. The van der Waals surface area contributed by atoms with E-state index in [0.29, 0.717) is 0 Å². The molecular weight excluding hydrogens is 753 g/mol. The number of benzene rings is 9. The third-order valence-corrected chi connectivity index (χ3v) is 12.9.